The number of sulfonamides is 1. The Morgan fingerprint density at radius 3 is 2.59 bits per heavy atom. The molecule has 0 spiro atoms. The minimum absolute atomic E-state index is 0.0966. The van der Waals surface area contributed by atoms with Gasteiger partial charge in [0.2, 0.25) is 15.9 Å². The van der Waals surface area contributed by atoms with Crippen LogP contribution in [0.15, 0.2) is 65.6 Å². The maximum absolute atomic E-state index is 13.3. The second-order valence-electron chi connectivity index (χ2n) is 9.10. The standard InChI is InChI=1S/C25H27N3O5S/c1-28(24-18-7-6-17(14-18)23(24)25(29)27-30)34(31,32)21-12-10-20(11-13-21)33-15-19-9-8-16-4-2-3-5-22(16)26-19/h2-5,8-13,17-18,23-24,30H,6-7,14-15H2,1H3,(H,27,29)/t17-,18+,23+,24-/m1/s1. The summed E-state index contributed by atoms with van der Waals surface area (Å²) >= 11 is 0. The van der Waals surface area contributed by atoms with Crippen molar-refractivity contribution >= 4 is 26.8 Å². The topological polar surface area (TPSA) is 109 Å². The first-order chi connectivity index (χ1) is 16.4. The molecular formula is C25H27N3O5S. The molecule has 8 nitrogen and oxygen atoms in total. The van der Waals surface area contributed by atoms with Gasteiger partial charge in [0.25, 0.3) is 0 Å². The Hall–Kier alpha value is -3.01. The molecule has 1 amide bonds. The molecule has 9 heteroatoms. The van der Waals surface area contributed by atoms with Crippen molar-refractivity contribution in [1.82, 2.24) is 14.8 Å². The normalized spacial score (nSPS) is 24.0. The first kappa shape index (κ1) is 22.8. The van der Waals surface area contributed by atoms with Crippen LogP contribution in [0.1, 0.15) is 25.0 Å². The van der Waals surface area contributed by atoms with Gasteiger partial charge in [0.15, 0.2) is 0 Å². The summed E-state index contributed by atoms with van der Waals surface area (Å²) in [6.07, 6.45) is 2.57. The number of para-hydroxylation sites is 1. The maximum atomic E-state index is 13.3. The number of pyridine rings is 1. The van der Waals surface area contributed by atoms with Gasteiger partial charge in [-0.05, 0) is 67.5 Å². The lowest BCUT2D eigenvalue weighted by Gasteiger charge is -2.35. The second-order valence-corrected chi connectivity index (χ2v) is 11.1. The summed E-state index contributed by atoms with van der Waals surface area (Å²) in [5.41, 5.74) is 3.40. The zero-order chi connectivity index (χ0) is 23.9. The van der Waals surface area contributed by atoms with Crippen LogP contribution in [0.4, 0.5) is 0 Å². The number of hydroxylamine groups is 1. The van der Waals surface area contributed by atoms with E-state index in [0.29, 0.717) is 5.75 Å². The number of rotatable bonds is 7. The number of fused-ring (bicyclic) bond motifs is 3. The monoisotopic (exact) mass is 481 g/mol. The van der Waals surface area contributed by atoms with Crippen LogP contribution in [0.2, 0.25) is 0 Å². The zero-order valence-corrected chi connectivity index (χ0v) is 19.6. The Kier molecular flexibility index (Phi) is 6.01. The van der Waals surface area contributed by atoms with Gasteiger partial charge in [-0.3, -0.25) is 10.0 Å². The average molecular weight is 482 g/mol. The van der Waals surface area contributed by atoms with E-state index in [1.807, 2.05) is 36.4 Å². The van der Waals surface area contributed by atoms with E-state index in [2.05, 4.69) is 4.98 Å². The van der Waals surface area contributed by atoms with Crippen LogP contribution in [0.5, 0.6) is 5.75 Å². The lowest BCUT2D eigenvalue weighted by atomic mass is 9.84. The number of carbonyl (C=O) groups is 1. The van der Waals surface area contributed by atoms with E-state index >= 15 is 0 Å². The van der Waals surface area contributed by atoms with Crippen molar-refractivity contribution in [3.05, 3.63) is 66.4 Å². The van der Waals surface area contributed by atoms with E-state index in [1.54, 1.807) is 17.6 Å². The average Bonchev–Trinajstić information content (AvgIpc) is 3.48. The molecule has 34 heavy (non-hydrogen) atoms. The Balaban J connectivity index is 1.29. The molecule has 2 saturated carbocycles. The highest BCUT2D eigenvalue weighted by atomic mass is 32.2. The molecular weight excluding hydrogens is 454 g/mol. The summed E-state index contributed by atoms with van der Waals surface area (Å²) in [4.78, 5) is 17.0. The quantitative estimate of drug-likeness (QED) is 0.396. The van der Waals surface area contributed by atoms with Gasteiger partial charge in [0, 0.05) is 18.5 Å². The molecule has 4 atom stereocenters. The van der Waals surface area contributed by atoms with Crippen LogP contribution in [-0.4, -0.2) is 41.9 Å². The minimum Gasteiger partial charge on any atom is -0.487 e. The van der Waals surface area contributed by atoms with Crippen molar-refractivity contribution in [2.75, 3.05) is 7.05 Å². The number of carbonyl (C=O) groups excluding carboxylic acids is 1. The lowest BCUT2D eigenvalue weighted by Crippen LogP contribution is -2.50. The summed E-state index contributed by atoms with van der Waals surface area (Å²) < 4.78 is 33.8. The van der Waals surface area contributed by atoms with Crippen molar-refractivity contribution in [2.24, 2.45) is 17.8 Å². The molecule has 0 radical (unpaired) electrons. The van der Waals surface area contributed by atoms with Crippen molar-refractivity contribution in [1.29, 1.82) is 0 Å². The van der Waals surface area contributed by atoms with Crippen LogP contribution < -0.4 is 10.2 Å². The molecule has 0 aliphatic heterocycles. The lowest BCUT2D eigenvalue weighted by molar-refractivity contribution is -0.136. The Bertz CT molecular complexity index is 1310. The molecule has 2 bridgehead atoms. The fourth-order valence-corrected chi connectivity index (χ4v) is 7.04. The predicted molar refractivity (Wildman–Crippen MR) is 126 cm³/mol. The van der Waals surface area contributed by atoms with E-state index in [1.165, 1.54) is 23.5 Å². The van der Waals surface area contributed by atoms with E-state index in [-0.39, 0.29) is 23.3 Å². The fourth-order valence-electron chi connectivity index (χ4n) is 5.61. The SMILES string of the molecule is CN([C@@H]1[C@H]2CC[C@H](C2)[C@@H]1C(=O)NO)S(=O)(=O)c1ccc(OCc2ccc3ccccc3n2)cc1. The minimum atomic E-state index is -3.82. The molecule has 1 heterocycles. The zero-order valence-electron chi connectivity index (χ0n) is 18.8. The van der Waals surface area contributed by atoms with Crippen molar-refractivity contribution in [3.8, 4) is 5.75 Å². The number of nitrogens with zero attached hydrogens (tertiary/aromatic N) is 2. The largest absolute Gasteiger partial charge is 0.487 e. The molecule has 178 valence electrons. The summed E-state index contributed by atoms with van der Waals surface area (Å²) in [6.45, 7) is 0.264. The van der Waals surface area contributed by atoms with Gasteiger partial charge in [-0.15, -0.1) is 0 Å². The maximum Gasteiger partial charge on any atom is 0.248 e. The second kappa shape index (κ2) is 8.98. The summed E-state index contributed by atoms with van der Waals surface area (Å²) in [6, 6.07) is 17.6. The van der Waals surface area contributed by atoms with Crippen LogP contribution in [-0.2, 0) is 21.4 Å². The number of hydrogen-bond acceptors (Lipinski definition) is 6. The molecule has 0 saturated heterocycles. The molecule has 5 rings (SSSR count). The van der Waals surface area contributed by atoms with Gasteiger partial charge in [-0.25, -0.2) is 18.9 Å². The van der Waals surface area contributed by atoms with Gasteiger partial charge < -0.3 is 4.74 Å². The van der Waals surface area contributed by atoms with Gasteiger partial charge >= 0.3 is 0 Å². The molecule has 2 aliphatic carbocycles. The Morgan fingerprint density at radius 1 is 1.09 bits per heavy atom. The van der Waals surface area contributed by atoms with E-state index in [9.17, 15) is 18.4 Å². The Morgan fingerprint density at radius 2 is 1.82 bits per heavy atom. The van der Waals surface area contributed by atoms with Crippen LogP contribution in [0, 0.1) is 17.8 Å². The highest BCUT2D eigenvalue weighted by Gasteiger charge is 2.54. The summed E-state index contributed by atoms with van der Waals surface area (Å²) in [7, 11) is -2.30. The number of ether oxygens (including phenoxy) is 1. The molecule has 0 unspecified atom stereocenters. The number of benzene rings is 2. The van der Waals surface area contributed by atoms with Crippen molar-refractivity contribution in [2.45, 2.75) is 36.8 Å². The van der Waals surface area contributed by atoms with E-state index < -0.39 is 27.9 Å². The molecule has 1 aromatic heterocycles. The molecule has 3 aromatic rings. The molecule has 2 fully saturated rings. The molecule has 2 aromatic carbocycles. The summed E-state index contributed by atoms with van der Waals surface area (Å²) in [5.74, 6) is -0.302. The number of amides is 1. The highest BCUT2D eigenvalue weighted by molar-refractivity contribution is 7.89. The predicted octanol–water partition coefficient (Wildman–Crippen LogP) is 3.35. The van der Waals surface area contributed by atoms with Crippen molar-refractivity contribution < 1.29 is 23.2 Å². The van der Waals surface area contributed by atoms with Crippen molar-refractivity contribution in [3.63, 3.8) is 0 Å². The van der Waals surface area contributed by atoms with Gasteiger partial charge in [0.1, 0.15) is 12.4 Å². The van der Waals surface area contributed by atoms with Gasteiger partial charge in [-0.1, -0.05) is 24.3 Å². The third-order valence-electron chi connectivity index (χ3n) is 7.25. The highest BCUT2D eigenvalue weighted by Crippen LogP contribution is 2.51. The smallest absolute Gasteiger partial charge is 0.248 e. The molecule has 2 aliphatic rings. The van der Waals surface area contributed by atoms with Crippen LogP contribution in [0.3, 0.4) is 0 Å². The molecule has 2 N–H and O–H groups in total. The Labute approximate surface area is 198 Å². The third-order valence-corrected chi connectivity index (χ3v) is 9.12. The number of hydrogen-bond donors (Lipinski definition) is 2. The van der Waals surface area contributed by atoms with Crippen LogP contribution in [0.25, 0.3) is 10.9 Å². The number of aromatic nitrogens is 1. The number of nitrogens with one attached hydrogen (secondary N) is 1. The third kappa shape index (κ3) is 4.04. The first-order valence-corrected chi connectivity index (χ1v) is 12.8. The van der Waals surface area contributed by atoms with Crippen LogP contribution >= 0.6 is 0 Å². The van der Waals surface area contributed by atoms with Gasteiger partial charge in [0.05, 0.1) is 22.0 Å². The fraction of sp³-hybridized carbons (Fsp3) is 0.360. The summed E-state index contributed by atoms with van der Waals surface area (Å²) in [5, 5.41) is 10.2. The van der Waals surface area contributed by atoms with Gasteiger partial charge in [-0.2, -0.15) is 4.31 Å². The first-order valence-electron chi connectivity index (χ1n) is 11.4. The van der Waals surface area contributed by atoms with E-state index in [0.717, 1.165) is 35.9 Å². The van der Waals surface area contributed by atoms with E-state index in [4.69, 9.17) is 4.74 Å².